The molecule has 3 rings (SSSR count). The second-order valence-corrected chi connectivity index (χ2v) is 8.57. The monoisotopic (exact) mass is 372 g/mol. The van der Waals surface area contributed by atoms with Crippen molar-refractivity contribution in [2.45, 2.75) is 31.6 Å². The topological polar surface area (TPSA) is 73.1 Å². The molecule has 1 fully saturated rings. The van der Waals surface area contributed by atoms with E-state index in [2.05, 4.69) is 4.99 Å². The fraction of sp³-hybridized carbons (Fsp3) is 0.300. The molecule has 26 heavy (non-hydrogen) atoms. The summed E-state index contributed by atoms with van der Waals surface area (Å²) in [6.45, 7) is 3.98. The molecule has 1 amide bonds. The van der Waals surface area contributed by atoms with Crippen molar-refractivity contribution in [3.8, 4) is 0 Å². The van der Waals surface area contributed by atoms with E-state index in [4.69, 9.17) is 0 Å². The van der Waals surface area contributed by atoms with Crippen LogP contribution in [-0.4, -0.2) is 37.6 Å². The summed E-state index contributed by atoms with van der Waals surface area (Å²) in [7, 11) is -3.32. The molecule has 1 saturated heterocycles. The number of carbonyl (C=O) groups is 1. The maximum absolute atomic E-state index is 12.9. The minimum absolute atomic E-state index is 0.237. The standard InChI is InChI=1S/C20H24N2O3S/c1-15(2)22-20(23)18(21-14-13-16-9-5-3-6-10-16)19(26(22,24)25)17-11-7-4-8-12-17/h3-12,15,19,24-25H,13-14H2,1-2H3. The van der Waals surface area contributed by atoms with Gasteiger partial charge in [-0.15, -0.1) is 10.8 Å². The first-order chi connectivity index (χ1) is 12.4. The molecule has 1 atom stereocenters. The number of rotatable bonds is 5. The maximum Gasteiger partial charge on any atom is 0.288 e. The zero-order chi connectivity index (χ0) is 18.7. The number of hydrogen-bond acceptors (Lipinski definition) is 4. The van der Waals surface area contributed by atoms with Gasteiger partial charge >= 0.3 is 0 Å². The average Bonchev–Trinajstić information content (AvgIpc) is 2.82. The Bertz CT molecular complexity index is 791. The molecule has 0 bridgehead atoms. The first-order valence-electron chi connectivity index (χ1n) is 8.67. The second-order valence-electron chi connectivity index (χ2n) is 6.58. The van der Waals surface area contributed by atoms with E-state index >= 15 is 0 Å². The van der Waals surface area contributed by atoms with Gasteiger partial charge in [0, 0.05) is 12.6 Å². The molecule has 1 heterocycles. The highest BCUT2D eigenvalue weighted by Crippen LogP contribution is 2.62. The summed E-state index contributed by atoms with van der Waals surface area (Å²) in [6.07, 6.45) is 0.694. The Morgan fingerprint density at radius 2 is 1.62 bits per heavy atom. The van der Waals surface area contributed by atoms with Gasteiger partial charge in [0.2, 0.25) is 0 Å². The molecule has 5 nitrogen and oxygen atoms in total. The fourth-order valence-corrected chi connectivity index (χ4v) is 5.41. The van der Waals surface area contributed by atoms with Gasteiger partial charge in [-0.3, -0.25) is 18.9 Å². The van der Waals surface area contributed by atoms with Crippen LogP contribution in [0, 0.1) is 0 Å². The number of amides is 1. The number of aliphatic imine (C=N–C) groups is 1. The molecule has 2 N–H and O–H groups in total. The lowest BCUT2D eigenvalue weighted by Gasteiger charge is -2.42. The van der Waals surface area contributed by atoms with Crippen LogP contribution in [0.1, 0.15) is 30.2 Å². The molecule has 0 aromatic heterocycles. The molecule has 138 valence electrons. The first-order valence-corrected chi connectivity index (χ1v) is 10.2. The Morgan fingerprint density at radius 1 is 1.04 bits per heavy atom. The van der Waals surface area contributed by atoms with Crippen molar-refractivity contribution in [3.05, 3.63) is 71.8 Å². The molecule has 1 unspecified atom stereocenters. The van der Waals surface area contributed by atoms with Crippen LogP contribution in [0.2, 0.25) is 0 Å². The van der Waals surface area contributed by atoms with Gasteiger partial charge in [0.25, 0.3) is 5.91 Å². The summed E-state index contributed by atoms with van der Waals surface area (Å²) in [5, 5.41) is -0.811. The summed E-state index contributed by atoms with van der Waals surface area (Å²) < 4.78 is 22.9. The third-order valence-electron chi connectivity index (χ3n) is 4.37. The molecule has 2 aromatic rings. The maximum atomic E-state index is 12.9. The molecule has 1 aliphatic rings. The van der Waals surface area contributed by atoms with Crippen molar-refractivity contribution in [1.82, 2.24) is 4.31 Å². The minimum atomic E-state index is -3.32. The Kier molecular flexibility index (Phi) is 5.46. The van der Waals surface area contributed by atoms with Gasteiger partial charge in [-0.25, -0.2) is 4.31 Å². The lowest BCUT2D eigenvalue weighted by Crippen LogP contribution is -2.34. The lowest BCUT2D eigenvalue weighted by atomic mass is 10.1. The zero-order valence-electron chi connectivity index (χ0n) is 14.9. The fourth-order valence-electron chi connectivity index (χ4n) is 3.22. The molecule has 0 radical (unpaired) electrons. The van der Waals surface area contributed by atoms with Crippen molar-refractivity contribution in [1.29, 1.82) is 0 Å². The van der Waals surface area contributed by atoms with E-state index in [-0.39, 0.29) is 17.7 Å². The summed E-state index contributed by atoms with van der Waals surface area (Å²) in [6, 6.07) is 18.7. The lowest BCUT2D eigenvalue weighted by molar-refractivity contribution is -0.120. The third kappa shape index (κ3) is 3.53. The normalized spacial score (nSPS) is 22.2. The molecule has 6 heteroatoms. The highest BCUT2D eigenvalue weighted by Gasteiger charge is 2.51. The summed E-state index contributed by atoms with van der Waals surface area (Å²) in [5.74, 6) is -0.387. The Morgan fingerprint density at radius 3 is 2.19 bits per heavy atom. The van der Waals surface area contributed by atoms with Crippen molar-refractivity contribution >= 4 is 22.4 Å². The average molecular weight is 372 g/mol. The minimum Gasteiger partial charge on any atom is -0.281 e. The summed E-state index contributed by atoms with van der Waals surface area (Å²) in [4.78, 5) is 17.4. The van der Waals surface area contributed by atoms with Gasteiger partial charge in [0.1, 0.15) is 11.0 Å². The molecule has 1 aliphatic heterocycles. The Labute approximate surface area is 155 Å². The van der Waals surface area contributed by atoms with Crippen LogP contribution in [0.4, 0.5) is 0 Å². The molecule has 2 aromatic carbocycles. The van der Waals surface area contributed by atoms with Crippen LogP contribution in [0.25, 0.3) is 0 Å². The zero-order valence-corrected chi connectivity index (χ0v) is 15.8. The second kappa shape index (κ2) is 7.61. The predicted molar refractivity (Wildman–Crippen MR) is 106 cm³/mol. The van der Waals surface area contributed by atoms with Crippen LogP contribution < -0.4 is 0 Å². The van der Waals surface area contributed by atoms with E-state index in [1.807, 2.05) is 60.7 Å². The molecule has 0 saturated carbocycles. The first kappa shape index (κ1) is 18.6. The van der Waals surface area contributed by atoms with Gasteiger partial charge in [-0.05, 0) is 31.4 Å². The van der Waals surface area contributed by atoms with Crippen LogP contribution in [0.5, 0.6) is 0 Å². The van der Waals surface area contributed by atoms with Crippen LogP contribution in [-0.2, 0) is 11.2 Å². The van der Waals surface area contributed by atoms with Crippen LogP contribution in [0.15, 0.2) is 65.7 Å². The van der Waals surface area contributed by atoms with Crippen molar-refractivity contribution in [2.75, 3.05) is 6.54 Å². The van der Waals surface area contributed by atoms with E-state index in [0.29, 0.717) is 18.5 Å². The van der Waals surface area contributed by atoms with Crippen LogP contribution in [0.3, 0.4) is 0 Å². The Balaban J connectivity index is 1.94. The third-order valence-corrected chi connectivity index (χ3v) is 6.66. The predicted octanol–water partition coefficient (Wildman–Crippen LogP) is 4.33. The van der Waals surface area contributed by atoms with Gasteiger partial charge in [0.15, 0.2) is 0 Å². The van der Waals surface area contributed by atoms with Gasteiger partial charge in [0.05, 0.1) is 0 Å². The number of hydrogen-bond donors (Lipinski definition) is 2. The van der Waals surface area contributed by atoms with Gasteiger partial charge in [-0.1, -0.05) is 60.7 Å². The number of benzene rings is 2. The highest BCUT2D eigenvalue weighted by atomic mass is 32.3. The largest absolute Gasteiger partial charge is 0.288 e. The van der Waals surface area contributed by atoms with Gasteiger partial charge in [-0.2, -0.15) is 0 Å². The molecular formula is C20H24N2O3S. The smallest absolute Gasteiger partial charge is 0.281 e. The summed E-state index contributed by atoms with van der Waals surface area (Å²) in [5.41, 5.74) is 2.06. The van der Waals surface area contributed by atoms with E-state index < -0.39 is 16.0 Å². The van der Waals surface area contributed by atoms with Crippen molar-refractivity contribution in [3.63, 3.8) is 0 Å². The quantitative estimate of drug-likeness (QED) is 0.820. The van der Waals surface area contributed by atoms with Gasteiger partial charge < -0.3 is 0 Å². The van der Waals surface area contributed by atoms with E-state index in [1.54, 1.807) is 13.8 Å². The number of carbonyl (C=O) groups excluding carboxylic acids is 1. The molecular weight excluding hydrogens is 348 g/mol. The molecule has 0 aliphatic carbocycles. The van der Waals surface area contributed by atoms with Crippen molar-refractivity contribution < 1.29 is 13.9 Å². The Hall–Kier alpha value is -2.15. The van der Waals surface area contributed by atoms with E-state index in [9.17, 15) is 13.9 Å². The molecule has 0 spiro atoms. The SMILES string of the molecule is CC(C)N1C(=O)C(=NCCc2ccccc2)C(c2ccccc2)S1(O)O. The van der Waals surface area contributed by atoms with Crippen LogP contribution >= 0.6 is 10.8 Å². The highest BCUT2D eigenvalue weighted by molar-refractivity contribution is 8.24. The van der Waals surface area contributed by atoms with Crippen molar-refractivity contribution in [2.24, 2.45) is 4.99 Å². The van der Waals surface area contributed by atoms with E-state index in [0.717, 1.165) is 5.56 Å². The van der Waals surface area contributed by atoms with E-state index in [1.165, 1.54) is 4.31 Å². The number of nitrogens with zero attached hydrogens (tertiary/aromatic N) is 2. The summed E-state index contributed by atoms with van der Waals surface area (Å²) >= 11 is 0.